The summed E-state index contributed by atoms with van der Waals surface area (Å²) < 4.78 is 0. The summed E-state index contributed by atoms with van der Waals surface area (Å²) in [5.41, 5.74) is -0.322. The maximum atomic E-state index is 11.3. The molecule has 2 aliphatic rings. The van der Waals surface area contributed by atoms with Gasteiger partial charge in [-0.2, -0.15) is 0 Å². The molecule has 2 saturated carbocycles. The lowest BCUT2D eigenvalue weighted by molar-refractivity contribution is -0.153. The Hall–Kier alpha value is -0.530. The van der Waals surface area contributed by atoms with Crippen molar-refractivity contribution in [2.45, 2.75) is 45.4 Å². The second-order valence-corrected chi connectivity index (χ2v) is 4.79. The Morgan fingerprint density at radius 3 is 2.69 bits per heavy atom. The molecule has 0 unspecified atom stereocenters. The maximum Gasteiger partial charge on any atom is 0.309 e. The second kappa shape index (κ2) is 3.00. The molecular formula is C11H18O2. The number of rotatable bonds is 3. The minimum Gasteiger partial charge on any atom is -0.481 e. The van der Waals surface area contributed by atoms with Crippen LogP contribution in [0.15, 0.2) is 0 Å². The van der Waals surface area contributed by atoms with Crippen molar-refractivity contribution >= 4 is 5.97 Å². The van der Waals surface area contributed by atoms with E-state index < -0.39 is 5.97 Å². The predicted octanol–water partition coefficient (Wildman–Crippen LogP) is 2.68. The molecule has 2 heteroatoms. The summed E-state index contributed by atoms with van der Waals surface area (Å²) in [4.78, 5) is 11.3. The van der Waals surface area contributed by atoms with Crippen molar-refractivity contribution in [3.05, 3.63) is 0 Å². The van der Waals surface area contributed by atoms with E-state index in [0.29, 0.717) is 5.92 Å². The molecule has 0 saturated heterocycles. The third-order valence-electron chi connectivity index (χ3n) is 4.10. The summed E-state index contributed by atoms with van der Waals surface area (Å²) in [6, 6.07) is 0. The van der Waals surface area contributed by atoms with Gasteiger partial charge in [0.25, 0.3) is 0 Å². The first-order valence-electron chi connectivity index (χ1n) is 5.42. The van der Waals surface area contributed by atoms with E-state index in [9.17, 15) is 9.90 Å². The van der Waals surface area contributed by atoms with Crippen molar-refractivity contribution in [1.82, 2.24) is 0 Å². The Morgan fingerprint density at radius 2 is 2.31 bits per heavy atom. The third kappa shape index (κ3) is 1.18. The highest BCUT2D eigenvalue weighted by Gasteiger charge is 2.54. The van der Waals surface area contributed by atoms with Crippen LogP contribution < -0.4 is 0 Å². The second-order valence-electron chi connectivity index (χ2n) is 4.79. The number of hydrogen-bond acceptors (Lipinski definition) is 1. The van der Waals surface area contributed by atoms with Gasteiger partial charge >= 0.3 is 5.97 Å². The molecule has 0 spiro atoms. The Bertz CT molecular complexity index is 224. The highest BCUT2D eigenvalue weighted by atomic mass is 16.4. The maximum absolute atomic E-state index is 11.3. The SMILES string of the molecule is CCC[C@]1(C(=O)O)C[C@@H]2CC[C@H]1C2. The average Bonchev–Trinajstić information content (AvgIpc) is 2.64. The van der Waals surface area contributed by atoms with E-state index in [2.05, 4.69) is 6.92 Å². The number of carboxylic acid groups (broad SMARTS) is 1. The van der Waals surface area contributed by atoms with Crippen LogP contribution in [0.25, 0.3) is 0 Å². The molecule has 3 atom stereocenters. The number of carboxylic acids is 1. The van der Waals surface area contributed by atoms with Gasteiger partial charge in [-0.15, -0.1) is 0 Å². The van der Waals surface area contributed by atoms with Crippen LogP contribution in [-0.2, 0) is 4.79 Å². The third-order valence-corrected chi connectivity index (χ3v) is 4.10. The lowest BCUT2D eigenvalue weighted by atomic mass is 9.70. The van der Waals surface area contributed by atoms with Crippen LogP contribution in [0.2, 0.25) is 0 Å². The summed E-state index contributed by atoms with van der Waals surface area (Å²) in [5.74, 6) is 0.698. The number of hydrogen-bond donors (Lipinski definition) is 1. The van der Waals surface area contributed by atoms with Gasteiger partial charge in [-0.05, 0) is 37.5 Å². The van der Waals surface area contributed by atoms with Gasteiger partial charge in [-0.3, -0.25) is 4.79 Å². The molecule has 2 bridgehead atoms. The van der Waals surface area contributed by atoms with Gasteiger partial charge in [0.2, 0.25) is 0 Å². The molecule has 1 N–H and O–H groups in total. The fraction of sp³-hybridized carbons (Fsp3) is 0.909. The zero-order chi connectivity index (χ0) is 9.47. The molecule has 0 aromatic carbocycles. The largest absolute Gasteiger partial charge is 0.481 e. The van der Waals surface area contributed by atoms with Gasteiger partial charge in [0.1, 0.15) is 0 Å². The standard InChI is InChI=1S/C11H18O2/c1-2-5-11(10(12)13)7-8-3-4-9(11)6-8/h8-9H,2-7H2,1H3,(H,12,13)/t8-,9+,11+/m1/s1. The molecule has 74 valence electrons. The Labute approximate surface area is 79.3 Å². The first kappa shape index (κ1) is 9.04. The van der Waals surface area contributed by atoms with Crippen LogP contribution in [0.3, 0.4) is 0 Å². The van der Waals surface area contributed by atoms with Gasteiger partial charge in [0.05, 0.1) is 5.41 Å². The Kier molecular flexibility index (Phi) is 2.09. The van der Waals surface area contributed by atoms with E-state index in [1.807, 2.05) is 0 Å². The minimum atomic E-state index is -0.526. The molecule has 0 radical (unpaired) electrons. The van der Waals surface area contributed by atoms with Crippen molar-refractivity contribution in [1.29, 1.82) is 0 Å². The predicted molar refractivity (Wildman–Crippen MR) is 50.4 cm³/mol. The van der Waals surface area contributed by atoms with Gasteiger partial charge in [0.15, 0.2) is 0 Å². The molecule has 0 aliphatic heterocycles. The molecule has 2 rings (SSSR count). The van der Waals surface area contributed by atoms with E-state index in [4.69, 9.17) is 0 Å². The quantitative estimate of drug-likeness (QED) is 0.728. The lowest BCUT2D eigenvalue weighted by Gasteiger charge is -2.33. The van der Waals surface area contributed by atoms with Gasteiger partial charge in [0, 0.05) is 0 Å². The first-order valence-corrected chi connectivity index (χ1v) is 5.42. The number of aliphatic carboxylic acids is 1. The van der Waals surface area contributed by atoms with E-state index >= 15 is 0 Å². The normalized spacial score (nSPS) is 42.5. The van der Waals surface area contributed by atoms with E-state index in [0.717, 1.165) is 31.6 Å². The van der Waals surface area contributed by atoms with Crippen LogP contribution >= 0.6 is 0 Å². The summed E-state index contributed by atoms with van der Waals surface area (Å²) in [7, 11) is 0. The smallest absolute Gasteiger partial charge is 0.309 e. The molecule has 0 amide bonds. The Morgan fingerprint density at radius 1 is 1.54 bits per heavy atom. The molecule has 0 heterocycles. The van der Waals surface area contributed by atoms with Crippen LogP contribution in [0.4, 0.5) is 0 Å². The van der Waals surface area contributed by atoms with E-state index in [-0.39, 0.29) is 5.41 Å². The monoisotopic (exact) mass is 182 g/mol. The van der Waals surface area contributed by atoms with E-state index in [1.54, 1.807) is 0 Å². The zero-order valence-corrected chi connectivity index (χ0v) is 8.25. The fourth-order valence-corrected chi connectivity index (χ4v) is 3.57. The lowest BCUT2D eigenvalue weighted by Crippen LogP contribution is -2.36. The fourth-order valence-electron chi connectivity index (χ4n) is 3.57. The molecule has 0 aromatic rings. The van der Waals surface area contributed by atoms with Gasteiger partial charge < -0.3 is 5.11 Å². The first-order chi connectivity index (χ1) is 6.19. The molecule has 0 aromatic heterocycles. The molecule has 2 aliphatic carbocycles. The van der Waals surface area contributed by atoms with Crippen molar-refractivity contribution in [2.24, 2.45) is 17.3 Å². The number of carbonyl (C=O) groups is 1. The zero-order valence-electron chi connectivity index (χ0n) is 8.25. The van der Waals surface area contributed by atoms with Crippen LogP contribution in [0, 0.1) is 17.3 Å². The van der Waals surface area contributed by atoms with Crippen molar-refractivity contribution in [2.75, 3.05) is 0 Å². The summed E-state index contributed by atoms with van der Waals surface area (Å²) in [5, 5.41) is 9.32. The molecule has 2 nitrogen and oxygen atoms in total. The van der Waals surface area contributed by atoms with Crippen molar-refractivity contribution < 1.29 is 9.90 Å². The van der Waals surface area contributed by atoms with Crippen molar-refractivity contribution in [3.63, 3.8) is 0 Å². The summed E-state index contributed by atoms with van der Waals surface area (Å²) in [6.45, 7) is 2.09. The van der Waals surface area contributed by atoms with E-state index in [1.165, 1.54) is 12.8 Å². The average molecular weight is 182 g/mol. The van der Waals surface area contributed by atoms with Crippen molar-refractivity contribution in [3.8, 4) is 0 Å². The van der Waals surface area contributed by atoms with Crippen LogP contribution in [0.5, 0.6) is 0 Å². The summed E-state index contributed by atoms with van der Waals surface area (Å²) in [6.07, 6.45) is 6.49. The topological polar surface area (TPSA) is 37.3 Å². The Balaban J connectivity index is 2.20. The minimum absolute atomic E-state index is 0.322. The highest BCUT2D eigenvalue weighted by molar-refractivity contribution is 5.75. The van der Waals surface area contributed by atoms with Gasteiger partial charge in [-0.25, -0.2) is 0 Å². The van der Waals surface area contributed by atoms with Crippen LogP contribution in [0.1, 0.15) is 45.4 Å². The van der Waals surface area contributed by atoms with Crippen LogP contribution in [-0.4, -0.2) is 11.1 Å². The summed E-state index contributed by atoms with van der Waals surface area (Å²) >= 11 is 0. The highest BCUT2D eigenvalue weighted by Crippen LogP contribution is 2.58. The number of fused-ring (bicyclic) bond motifs is 2. The molecule has 13 heavy (non-hydrogen) atoms. The van der Waals surface area contributed by atoms with Gasteiger partial charge in [-0.1, -0.05) is 19.8 Å². The molecule has 2 fully saturated rings. The molecular weight excluding hydrogens is 164 g/mol.